The fourth-order valence-electron chi connectivity index (χ4n) is 2.63. The Morgan fingerprint density at radius 2 is 2.12 bits per heavy atom. The van der Waals surface area contributed by atoms with Crippen molar-refractivity contribution in [3.05, 3.63) is 40.2 Å². The van der Waals surface area contributed by atoms with Crippen LogP contribution in [0.3, 0.4) is 0 Å². The van der Waals surface area contributed by atoms with Gasteiger partial charge in [0, 0.05) is 12.5 Å². The molecule has 1 aromatic carbocycles. The zero-order chi connectivity index (χ0) is 16.8. The lowest BCUT2D eigenvalue weighted by molar-refractivity contribution is 0.0996. The van der Waals surface area contributed by atoms with E-state index in [2.05, 4.69) is 15.0 Å². The summed E-state index contributed by atoms with van der Waals surface area (Å²) in [5.41, 5.74) is 5.96. The van der Waals surface area contributed by atoms with Crippen molar-refractivity contribution in [2.45, 2.75) is 13.3 Å². The molecule has 0 radical (unpaired) electrons. The Labute approximate surface area is 135 Å². The molecule has 4 rings (SSSR count). The van der Waals surface area contributed by atoms with Crippen LogP contribution in [0.5, 0.6) is 11.5 Å². The number of aryl methyl sites for hydroxylation is 1. The lowest BCUT2D eigenvalue weighted by Crippen LogP contribution is -2.16. The highest BCUT2D eigenvalue weighted by molar-refractivity contribution is 6.01. The van der Waals surface area contributed by atoms with Crippen LogP contribution in [0.1, 0.15) is 23.2 Å². The summed E-state index contributed by atoms with van der Waals surface area (Å²) < 4.78 is 12.0. The molecule has 3 heterocycles. The number of carbonyl (C=O) groups excluding carboxylic acids is 1. The van der Waals surface area contributed by atoms with Gasteiger partial charge in [0.05, 0.1) is 5.69 Å². The molecule has 0 fully saturated rings. The van der Waals surface area contributed by atoms with E-state index in [1.807, 2.05) is 6.92 Å². The van der Waals surface area contributed by atoms with E-state index in [1.165, 1.54) is 4.57 Å². The van der Waals surface area contributed by atoms with Gasteiger partial charge in [0.25, 0.3) is 5.91 Å². The average molecular weight is 327 g/mol. The van der Waals surface area contributed by atoms with Crippen molar-refractivity contribution in [3.63, 3.8) is 0 Å². The van der Waals surface area contributed by atoms with Crippen LogP contribution >= 0.6 is 0 Å². The van der Waals surface area contributed by atoms with E-state index < -0.39 is 11.6 Å². The molecule has 1 aliphatic heterocycles. The summed E-state index contributed by atoms with van der Waals surface area (Å²) in [6.45, 7) is 1.98. The largest absolute Gasteiger partial charge is 0.454 e. The fraction of sp³-hybridized carbons (Fsp3) is 0.200. The molecule has 0 spiro atoms. The van der Waals surface area contributed by atoms with Crippen LogP contribution in [0.15, 0.2) is 23.0 Å². The standard InChI is InChI=1S/C15H13N5O4/c1-2-10-17-11(13(16)21)12-14(18-10)20(15(22)19-12)7-3-4-8-9(5-7)24-6-23-8/h3-5H,2,6H2,1H3,(H2,16,21)(H,19,22). The van der Waals surface area contributed by atoms with Crippen LogP contribution in [-0.2, 0) is 6.42 Å². The Bertz CT molecular complexity index is 1040. The van der Waals surface area contributed by atoms with Crippen molar-refractivity contribution in [3.8, 4) is 17.2 Å². The second-order valence-electron chi connectivity index (χ2n) is 5.21. The third-order valence-electron chi connectivity index (χ3n) is 3.75. The van der Waals surface area contributed by atoms with E-state index in [0.717, 1.165) is 0 Å². The molecule has 0 aliphatic carbocycles. The smallest absolute Gasteiger partial charge is 0.332 e. The van der Waals surface area contributed by atoms with Gasteiger partial charge in [-0.2, -0.15) is 0 Å². The summed E-state index contributed by atoms with van der Waals surface area (Å²) >= 11 is 0. The minimum atomic E-state index is -0.726. The number of amides is 1. The van der Waals surface area contributed by atoms with Gasteiger partial charge in [0.1, 0.15) is 11.3 Å². The first-order valence-electron chi connectivity index (χ1n) is 7.30. The molecule has 9 nitrogen and oxygen atoms in total. The number of carbonyl (C=O) groups is 1. The average Bonchev–Trinajstić information content (AvgIpc) is 3.15. The van der Waals surface area contributed by atoms with E-state index in [1.54, 1.807) is 18.2 Å². The Morgan fingerprint density at radius 1 is 1.33 bits per heavy atom. The molecule has 2 aromatic heterocycles. The summed E-state index contributed by atoms with van der Waals surface area (Å²) in [5, 5.41) is 0. The number of fused-ring (bicyclic) bond motifs is 2. The summed E-state index contributed by atoms with van der Waals surface area (Å²) in [4.78, 5) is 35.2. The van der Waals surface area contributed by atoms with Crippen LogP contribution < -0.4 is 20.9 Å². The Kier molecular flexibility index (Phi) is 3.02. The van der Waals surface area contributed by atoms with Gasteiger partial charge in [-0.3, -0.25) is 4.79 Å². The second-order valence-corrected chi connectivity index (χ2v) is 5.21. The van der Waals surface area contributed by atoms with E-state index in [0.29, 0.717) is 35.1 Å². The molecule has 0 atom stereocenters. The van der Waals surface area contributed by atoms with E-state index in [4.69, 9.17) is 15.2 Å². The first-order valence-corrected chi connectivity index (χ1v) is 7.30. The molecule has 1 amide bonds. The van der Waals surface area contributed by atoms with Gasteiger partial charge in [0.2, 0.25) is 6.79 Å². The number of nitrogens with one attached hydrogen (secondary N) is 1. The summed E-state index contributed by atoms with van der Waals surface area (Å²) in [6.07, 6.45) is 0.497. The van der Waals surface area contributed by atoms with Crippen LogP contribution in [0.2, 0.25) is 0 Å². The maximum atomic E-state index is 12.4. The van der Waals surface area contributed by atoms with Gasteiger partial charge in [-0.05, 0) is 12.1 Å². The van der Waals surface area contributed by atoms with Gasteiger partial charge >= 0.3 is 5.69 Å². The van der Waals surface area contributed by atoms with Crippen LogP contribution in [0, 0.1) is 0 Å². The van der Waals surface area contributed by atoms with Gasteiger partial charge < -0.3 is 20.2 Å². The predicted octanol–water partition coefficient (Wildman–Crippen LogP) is 0.499. The van der Waals surface area contributed by atoms with Gasteiger partial charge in [-0.25, -0.2) is 19.3 Å². The molecule has 3 N–H and O–H groups in total. The quantitative estimate of drug-likeness (QED) is 0.721. The number of benzene rings is 1. The zero-order valence-corrected chi connectivity index (χ0v) is 12.7. The van der Waals surface area contributed by atoms with Crippen molar-refractivity contribution in [1.29, 1.82) is 0 Å². The molecular formula is C15H13N5O4. The number of hydrogen-bond donors (Lipinski definition) is 2. The molecule has 9 heteroatoms. The molecule has 3 aromatic rings. The third kappa shape index (κ3) is 2.02. The summed E-state index contributed by atoms with van der Waals surface area (Å²) in [5.74, 6) is 0.836. The number of imidazole rings is 1. The second kappa shape index (κ2) is 5.08. The lowest BCUT2D eigenvalue weighted by Gasteiger charge is -2.06. The number of aromatic nitrogens is 4. The Morgan fingerprint density at radius 3 is 2.88 bits per heavy atom. The summed E-state index contributed by atoms with van der Waals surface area (Å²) in [6, 6.07) is 5.09. The van der Waals surface area contributed by atoms with Crippen LogP contribution in [0.4, 0.5) is 0 Å². The van der Waals surface area contributed by atoms with E-state index >= 15 is 0 Å². The molecule has 1 aliphatic rings. The molecule has 0 bridgehead atoms. The van der Waals surface area contributed by atoms with Gasteiger partial charge in [-0.1, -0.05) is 6.92 Å². The van der Waals surface area contributed by atoms with Crippen molar-refractivity contribution < 1.29 is 14.3 Å². The number of primary amides is 1. The highest BCUT2D eigenvalue weighted by atomic mass is 16.7. The highest BCUT2D eigenvalue weighted by Gasteiger charge is 2.21. The molecule has 24 heavy (non-hydrogen) atoms. The first kappa shape index (κ1) is 14.2. The monoisotopic (exact) mass is 327 g/mol. The highest BCUT2D eigenvalue weighted by Crippen LogP contribution is 2.33. The number of H-pyrrole nitrogens is 1. The lowest BCUT2D eigenvalue weighted by atomic mass is 10.2. The van der Waals surface area contributed by atoms with E-state index in [-0.39, 0.29) is 18.0 Å². The molecule has 0 saturated carbocycles. The molecule has 0 unspecified atom stereocenters. The number of nitrogens with two attached hydrogens (primary N) is 1. The van der Waals surface area contributed by atoms with Crippen molar-refractivity contribution in [2.75, 3.05) is 6.79 Å². The van der Waals surface area contributed by atoms with E-state index in [9.17, 15) is 9.59 Å². The topological polar surface area (TPSA) is 125 Å². The van der Waals surface area contributed by atoms with Gasteiger partial charge in [-0.15, -0.1) is 0 Å². The maximum absolute atomic E-state index is 12.4. The maximum Gasteiger partial charge on any atom is 0.332 e. The SMILES string of the molecule is CCc1nc(C(N)=O)c2[nH]c(=O)n(-c3ccc4c(c3)OCO4)c2n1. The predicted molar refractivity (Wildman–Crippen MR) is 83.5 cm³/mol. The number of ether oxygens (including phenoxy) is 2. The Balaban J connectivity index is 2.02. The number of rotatable bonds is 3. The minimum Gasteiger partial charge on any atom is -0.454 e. The minimum absolute atomic E-state index is 0.00607. The fourth-order valence-corrected chi connectivity index (χ4v) is 2.63. The van der Waals surface area contributed by atoms with Gasteiger partial charge in [0.15, 0.2) is 22.8 Å². The number of nitrogens with zero attached hydrogens (tertiary/aromatic N) is 3. The van der Waals surface area contributed by atoms with Crippen LogP contribution in [-0.4, -0.2) is 32.2 Å². The van der Waals surface area contributed by atoms with Crippen LogP contribution in [0.25, 0.3) is 16.9 Å². The molecule has 122 valence electrons. The zero-order valence-electron chi connectivity index (χ0n) is 12.7. The van der Waals surface area contributed by atoms with Crippen molar-refractivity contribution in [1.82, 2.24) is 19.5 Å². The summed E-state index contributed by atoms with van der Waals surface area (Å²) in [7, 11) is 0. The first-order chi connectivity index (χ1) is 11.6. The Hall–Kier alpha value is -3.36. The molecular weight excluding hydrogens is 314 g/mol. The molecule has 0 saturated heterocycles. The third-order valence-corrected chi connectivity index (χ3v) is 3.75. The van der Waals surface area contributed by atoms with Crippen molar-refractivity contribution in [2.24, 2.45) is 5.73 Å². The number of aromatic amines is 1. The number of hydrogen-bond acceptors (Lipinski definition) is 6. The normalized spacial score (nSPS) is 12.7. The van der Waals surface area contributed by atoms with Crippen molar-refractivity contribution >= 4 is 17.1 Å².